The van der Waals surface area contributed by atoms with Crippen molar-refractivity contribution in [3.05, 3.63) is 0 Å². The van der Waals surface area contributed by atoms with Crippen LogP contribution < -0.4 is 10.6 Å². The Morgan fingerprint density at radius 1 is 1.47 bits per heavy atom. The molecule has 1 unspecified atom stereocenters. The van der Waals surface area contributed by atoms with Crippen molar-refractivity contribution in [3.8, 4) is 0 Å². The summed E-state index contributed by atoms with van der Waals surface area (Å²) < 4.78 is 0.122. The second kappa shape index (κ2) is 7.12. The van der Waals surface area contributed by atoms with Gasteiger partial charge in [0.15, 0.2) is 0 Å². The van der Waals surface area contributed by atoms with Crippen LogP contribution >= 0.6 is 11.8 Å². The standard InChI is InChI=1S/C11H24N2OS/c1-6-12-9(2)7-10(14)13-8-11(3,4)15-5/h9,12H,6-8H2,1-5H3,(H,13,14). The summed E-state index contributed by atoms with van der Waals surface area (Å²) in [7, 11) is 0. The fraction of sp³-hybridized carbons (Fsp3) is 0.909. The molecule has 15 heavy (non-hydrogen) atoms. The van der Waals surface area contributed by atoms with Crippen molar-refractivity contribution in [1.29, 1.82) is 0 Å². The molecule has 0 spiro atoms. The van der Waals surface area contributed by atoms with Crippen LogP contribution in [0.3, 0.4) is 0 Å². The van der Waals surface area contributed by atoms with Gasteiger partial charge in [-0.05, 0) is 33.6 Å². The molecule has 0 radical (unpaired) electrons. The molecule has 90 valence electrons. The van der Waals surface area contributed by atoms with Crippen LogP contribution in [-0.2, 0) is 4.79 Å². The Morgan fingerprint density at radius 2 is 2.07 bits per heavy atom. The van der Waals surface area contributed by atoms with Gasteiger partial charge >= 0.3 is 0 Å². The van der Waals surface area contributed by atoms with E-state index in [1.807, 2.05) is 13.8 Å². The molecule has 3 nitrogen and oxygen atoms in total. The number of thioether (sulfide) groups is 1. The van der Waals surface area contributed by atoms with Gasteiger partial charge in [-0.3, -0.25) is 4.79 Å². The van der Waals surface area contributed by atoms with Gasteiger partial charge in [-0.15, -0.1) is 0 Å². The zero-order chi connectivity index (χ0) is 11.9. The SMILES string of the molecule is CCNC(C)CC(=O)NCC(C)(C)SC. The highest BCUT2D eigenvalue weighted by Gasteiger charge is 2.17. The lowest BCUT2D eigenvalue weighted by Gasteiger charge is -2.22. The third kappa shape index (κ3) is 7.68. The first kappa shape index (κ1) is 14.8. The van der Waals surface area contributed by atoms with E-state index in [4.69, 9.17) is 0 Å². The molecule has 0 saturated heterocycles. The Labute approximate surface area is 97.8 Å². The molecule has 0 aromatic heterocycles. The Bertz CT molecular complexity index is 195. The highest BCUT2D eigenvalue weighted by Crippen LogP contribution is 2.19. The molecule has 0 saturated carbocycles. The Balaban J connectivity index is 3.75. The highest BCUT2D eigenvalue weighted by molar-refractivity contribution is 7.99. The van der Waals surface area contributed by atoms with Gasteiger partial charge in [-0.25, -0.2) is 0 Å². The lowest BCUT2D eigenvalue weighted by molar-refractivity contribution is -0.121. The molecule has 4 heteroatoms. The van der Waals surface area contributed by atoms with Crippen LogP contribution in [0.1, 0.15) is 34.1 Å². The maximum absolute atomic E-state index is 11.5. The van der Waals surface area contributed by atoms with E-state index in [1.54, 1.807) is 11.8 Å². The third-order valence-corrected chi connectivity index (χ3v) is 3.56. The Kier molecular flexibility index (Phi) is 7.02. The Hall–Kier alpha value is -0.220. The van der Waals surface area contributed by atoms with Crippen LogP contribution in [0.5, 0.6) is 0 Å². The minimum absolute atomic E-state index is 0.122. The molecule has 0 aromatic carbocycles. The molecule has 0 bridgehead atoms. The van der Waals surface area contributed by atoms with Crippen molar-refractivity contribution in [2.24, 2.45) is 0 Å². The molecule has 1 atom stereocenters. The normalized spacial score (nSPS) is 13.7. The summed E-state index contributed by atoms with van der Waals surface area (Å²) in [5.41, 5.74) is 0. The van der Waals surface area contributed by atoms with E-state index in [-0.39, 0.29) is 16.7 Å². The van der Waals surface area contributed by atoms with Gasteiger partial charge in [0.05, 0.1) is 0 Å². The zero-order valence-corrected chi connectivity index (χ0v) is 11.3. The van der Waals surface area contributed by atoms with Crippen molar-refractivity contribution >= 4 is 17.7 Å². The average Bonchev–Trinajstić information content (AvgIpc) is 2.15. The summed E-state index contributed by atoms with van der Waals surface area (Å²) >= 11 is 1.77. The summed E-state index contributed by atoms with van der Waals surface area (Å²) in [6, 6.07) is 0.257. The van der Waals surface area contributed by atoms with Crippen LogP contribution in [0, 0.1) is 0 Å². The molecule has 1 amide bonds. The van der Waals surface area contributed by atoms with E-state index in [1.165, 1.54) is 0 Å². The van der Waals surface area contributed by atoms with E-state index in [9.17, 15) is 4.79 Å². The van der Waals surface area contributed by atoms with Crippen molar-refractivity contribution < 1.29 is 4.79 Å². The van der Waals surface area contributed by atoms with E-state index in [0.29, 0.717) is 6.42 Å². The predicted octanol–water partition coefficient (Wildman–Crippen LogP) is 1.63. The summed E-state index contributed by atoms with van der Waals surface area (Å²) in [5, 5.41) is 6.18. The van der Waals surface area contributed by atoms with Crippen LogP contribution in [0.2, 0.25) is 0 Å². The van der Waals surface area contributed by atoms with E-state index in [0.717, 1.165) is 13.1 Å². The van der Waals surface area contributed by atoms with Crippen molar-refractivity contribution in [1.82, 2.24) is 10.6 Å². The monoisotopic (exact) mass is 232 g/mol. The number of carbonyl (C=O) groups is 1. The van der Waals surface area contributed by atoms with Crippen LogP contribution in [-0.4, -0.2) is 36.0 Å². The molecule has 0 heterocycles. The van der Waals surface area contributed by atoms with Crippen molar-refractivity contribution in [2.75, 3.05) is 19.3 Å². The number of carbonyl (C=O) groups excluding carboxylic acids is 1. The molecule has 2 N–H and O–H groups in total. The minimum Gasteiger partial charge on any atom is -0.355 e. The first-order valence-electron chi connectivity index (χ1n) is 5.46. The summed E-state index contributed by atoms with van der Waals surface area (Å²) in [5.74, 6) is 0.130. The molecule has 0 rings (SSSR count). The van der Waals surface area contributed by atoms with E-state index in [2.05, 4.69) is 30.7 Å². The topological polar surface area (TPSA) is 41.1 Å². The molecule has 0 aromatic rings. The van der Waals surface area contributed by atoms with Gasteiger partial charge in [0.1, 0.15) is 0 Å². The summed E-state index contributed by atoms with van der Waals surface area (Å²) in [6.45, 7) is 9.97. The van der Waals surface area contributed by atoms with Crippen LogP contribution in [0.4, 0.5) is 0 Å². The molecule has 0 aliphatic rings. The van der Waals surface area contributed by atoms with Gasteiger partial charge in [-0.1, -0.05) is 6.92 Å². The molecular formula is C11H24N2OS. The molecule has 0 fully saturated rings. The molecule has 0 aliphatic heterocycles. The van der Waals surface area contributed by atoms with E-state index >= 15 is 0 Å². The van der Waals surface area contributed by atoms with Gasteiger partial charge in [-0.2, -0.15) is 11.8 Å². The van der Waals surface area contributed by atoms with Crippen molar-refractivity contribution in [2.45, 2.75) is 44.9 Å². The number of amides is 1. The number of nitrogens with one attached hydrogen (secondary N) is 2. The molecule has 0 aliphatic carbocycles. The fourth-order valence-corrected chi connectivity index (χ4v) is 1.37. The zero-order valence-electron chi connectivity index (χ0n) is 10.5. The average molecular weight is 232 g/mol. The minimum atomic E-state index is 0.122. The number of rotatable bonds is 7. The first-order valence-corrected chi connectivity index (χ1v) is 6.69. The van der Waals surface area contributed by atoms with Gasteiger partial charge < -0.3 is 10.6 Å². The quantitative estimate of drug-likeness (QED) is 0.701. The second-order valence-corrected chi connectivity index (χ2v) is 5.92. The third-order valence-electron chi connectivity index (χ3n) is 2.31. The first-order chi connectivity index (χ1) is 6.91. The smallest absolute Gasteiger partial charge is 0.221 e. The largest absolute Gasteiger partial charge is 0.355 e. The number of hydrogen-bond acceptors (Lipinski definition) is 3. The maximum Gasteiger partial charge on any atom is 0.221 e. The molecular weight excluding hydrogens is 208 g/mol. The predicted molar refractivity (Wildman–Crippen MR) is 68.4 cm³/mol. The summed E-state index contributed by atoms with van der Waals surface area (Å²) in [4.78, 5) is 11.5. The van der Waals surface area contributed by atoms with Gasteiger partial charge in [0.25, 0.3) is 0 Å². The van der Waals surface area contributed by atoms with Crippen LogP contribution in [0.25, 0.3) is 0 Å². The van der Waals surface area contributed by atoms with Gasteiger partial charge in [0.2, 0.25) is 5.91 Å². The highest BCUT2D eigenvalue weighted by atomic mass is 32.2. The Morgan fingerprint density at radius 3 is 2.53 bits per heavy atom. The second-order valence-electron chi connectivity index (χ2n) is 4.40. The fourth-order valence-electron chi connectivity index (χ4n) is 1.15. The van der Waals surface area contributed by atoms with Crippen LogP contribution in [0.15, 0.2) is 0 Å². The van der Waals surface area contributed by atoms with Gasteiger partial charge in [0, 0.05) is 23.8 Å². The number of hydrogen-bond donors (Lipinski definition) is 2. The lowest BCUT2D eigenvalue weighted by Crippen LogP contribution is -2.39. The van der Waals surface area contributed by atoms with Crippen molar-refractivity contribution in [3.63, 3.8) is 0 Å². The lowest BCUT2D eigenvalue weighted by atomic mass is 10.2. The summed E-state index contributed by atoms with van der Waals surface area (Å²) in [6.07, 6.45) is 2.62. The maximum atomic E-state index is 11.5. The van der Waals surface area contributed by atoms with E-state index < -0.39 is 0 Å².